The van der Waals surface area contributed by atoms with Gasteiger partial charge in [-0.25, -0.2) is 17.7 Å². The summed E-state index contributed by atoms with van der Waals surface area (Å²) in [6, 6.07) is 0.0303. The van der Waals surface area contributed by atoms with Crippen LogP contribution in [0.1, 0.15) is 51.5 Å². The summed E-state index contributed by atoms with van der Waals surface area (Å²) >= 11 is 0. The molecule has 0 atom stereocenters. The lowest BCUT2D eigenvalue weighted by molar-refractivity contribution is 0.329. The molecule has 1 aliphatic heterocycles. The van der Waals surface area contributed by atoms with Gasteiger partial charge in [0.05, 0.1) is 11.9 Å². The van der Waals surface area contributed by atoms with Gasteiger partial charge in [-0.1, -0.05) is 12.8 Å². The van der Waals surface area contributed by atoms with Crippen molar-refractivity contribution in [3.05, 3.63) is 26.9 Å². The van der Waals surface area contributed by atoms with E-state index < -0.39 is 21.1 Å². The van der Waals surface area contributed by atoms with Crippen LogP contribution in [0.25, 0.3) is 11.2 Å². The minimum Gasteiger partial charge on any atom is -0.351 e. The van der Waals surface area contributed by atoms with Crippen LogP contribution in [0.4, 0.5) is 5.95 Å². The highest BCUT2D eigenvalue weighted by Crippen LogP contribution is 2.29. The van der Waals surface area contributed by atoms with Gasteiger partial charge >= 0.3 is 11.1 Å². The van der Waals surface area contributed by atoms with Gasteiger partial charge < -0.3 is 10.3 Å². The fourth-order valence-electron chi connectivity index (χ4n) is 4.24. The lowest BCUT2D eigenvalue weighted by Gasteiger charge is -2.31. The average Bonchev–Trinajstić information content (AvgIpc) is 3.24. The standard InChI is InChI=1S/C18H26N6O4S/c1-2-29(27,28)23-9-7-12(8-10-23)20-18-19-11-14-15(22-18)24(13-5-3-4-6-13)17(26)16(25)21-14/h11-13H,2-10H2,1H3,(H,21,25)(H,19,20,22). The van der Waals surface area contributed by atoms with Crippen LogP contribution < -0.4 is 16.4 Å². The van der Waals surface area contributed by atoms with E-state index in [1.54, 1.807) is 6.92 Å². The molecule has 1 saturated carbocycles. The van der Waals surface area contributed by atoms with Crippen LogP contribution in [-0.4, -0.2) is 57.1 Å². The number of anilines is 1. The highest BCUT2D eigenvalue weighted by Gasteiger charge is 2.27. The number of piperidine rings is 1. The first kappa shape index (κ1) is 20.0. The first-order valence-electron chi connectivity index (χ1n) is 10.1. The molecule has 4 rings (SSSR count). The highest BCUT2D eigenvalue weighted by molar-refractivity contribution is 7.89. The van der Waals surface area contributed by atoms with Crippen LogP contribution in [0, 0.1) is 0 Å². The molecule has 2 aromatic heterocycles. The Kier molecular flexibility index (Phi) is 5.43. The van der Waals surface area contributed by atoms with Crippen molar-refractivity contribution in [3.8, 4) is 0 Å². The third-order valence-corrected chi connectivity index (χ3v) is 7.77. The molecule has 1 aliphatic carbocycles. The van der Waals surface area contributed by atoms with E-state index in [4.69, 9.17) is 0 Å². The van der Waals surface area contributed by atoms with Crippen molar-refractivity contribution < 1.29 is 8.42 Å². The van der Waals surface area contributed by atoms with E-state index in [9.17, 15) is 18.0 Å². The zero-order valence-corrected chi connectivity index (χ0v) is 17.2. The number of H-pyrrole nitrogens is 1. The maximum atomic E-state index is 12.5. The van der Waals surface area contributed by atoms with Crippen molar-refractivity contribution in [1.29, 1.82) is 0 Å². The fraction of sp³-hybridized carbons (Fsp3) is 0.667. The second kappa shape index (κ2) is 7.86. The zero-order chi connectivity index (χ0) is 20.6. The molecule has 0 amide bonds. The maximum Gasteiger partial charge on any atom is 0.318 e. The van der Waals surface area contributed by atoms with Crippen molar-refractivity contribution in [3.63, 3.8) is 0 Å². The first-order valence-corrected chi connectivity index (χ1v) is 11.8. The average molecular weight is 423 g/mol. The van der Waals surface area contributed by atoms with Crippen molar-refractivity contribution in [2.24, 2.45) is 0 Å². The van der Waals surface area contributed by atoms with Gasteiger partial charge in [-0.05, 0) is 32.6 Å². The molecule has 2 aliphatic rings. The van der Waals surface area contributed by atoms with E-state index in [-0.39, 0.29) is 17.8 Å². The quantitative estimate of drug-likeness (QED) is 0.682. The molecule has 10 nitrogen and oxygen atoms in total. The third-order valence-electron chi connectivity index (χ3n) is 5.89. The predicted octanol–water partition coefficient (Wildman–Crippen LogP) is 0.821. The predicted molar refractivity (Wildman–Crippen MR) is 110 cm³/mol. The minimum atomic E-state index is -3.17. The molecule has 3 heterocycles. The number of aromatic amines is 1. The molecule has 158 valence electrons. The zero-order valence-electron chi connectivity index (χ0n) is 16.4. The van der Waals surface area contributed by atoms with Crippen LogP contribution in [-0.2, 0) is 10.0 Å². The molecule has 0 radical (unpaired) electrons. The number of hydrogen-bond acceptors (Lipinski definition) is 7. The molecule has 1 saturated heterocycles. The van der Waals surface area contributed by atoms with Gasteiger partial charge in [0.1, 0.15) is 5.52 Å². The molecule has 29 heavy (non-hydrogen) atoms. The van der Waals surface area contributed by atoms with Crippen LogP contribution in [0.2, 0.25) is 0 Å². The molecule has 0 unspecified atom stereocenters. The molecule has 2 N–H and O–H groups in total. The van der Waals surface area contributed by atoms with Gasteiger partial charge in [0.15, 0.2) is 5.65 Å². The summed E-state index contributed by atoms with van der Waals surface area (Å²) in [6.45, 7) is 2.57. The molecule has 0 spiro atoms. The summed E-state index contributed by atoms with van der Waals surface area (Å²) in [4.78, 5) is 35.9. The lowest BCUT2D eigenvalue weighted by Crippen LogP contribution is -2.43. The van der Waals surface area contributed by atoms with Gasteiger partial charge in [0.25, 0.3) is 0 Å². The Labute approximate surface area is 168 Å². The number of rotatable bonds is 5. The molecule has 0 bridgehead atoms. The molecule has 0 aromatic carbocycles. The SMILES string of the molecule is CCS(=O)(=O)N1CCC(Nc2ncc3[nH]c(=O)c(=O)n(C4CCCC4)c3n2)CC1. The Bertz CT molecular complexity index is 1110. The van der Waals surface area contributed by atoms with E-state index in [1.807, 2.05) is 0 Å². The Morgan fingerprint density at radius 3 is 2.52 bits per heavy atom. The summed E-state index contributed by atoms with van der Waals surface area (Å²) in [5, 5.41) is 3.26. The Balaban J connectivity index is 1.58. The molecular formula is C18H26N6O4S. The summed E-state index contributed by atoms with van der Waals surface area (Å²) in [5.41, 5.74) is -0.355. The molecule has 2 aromatic rings. The van der Waals surface area contributed by atoms with Gasteiger partial charge in [-0.3, -0.25) is 14.2 Å². The van der Waals surface area contributed by atoms with Gasteiger partial charge in [-0.2, -0.15) is 4.98 Å². The Morgan fingerprint density at radius 1 is 1.17 bits per heavy atom. The van der Waals surface area contributed by atoms with Crippen LogP contribution in [0.5, 0.6) is 0 Å². The van der Waals surface area contributed by atoms with Crippen molar-refractivity contribution >= 4 is 27.1 Å². The van der Waals surface area contributed by atoms with E-state index >= 15 is 0 Å². The molecule has 2 fully saturated rings. The summed E-state index contributed by atoms with van der Waals surface area (Å²) in [6.07, 6.45) is 6.60. The van der Waals surface area contributed by atoms with Gasteiger partial charge in [-0.15, -0.1) is 0 Å². The van der Waals surface area contributed by atoms with Crippen LogP contribution in [0.3, 0.4) is 0 Å². The normalized spacial score (nSPS) is 19.8. The smallest absolute Gasteiger partial charge is 0.318 e. The largest absolute Gasteiger partial charge is 0.351 e. The highest BCUT2D eigenvalue weighted by atomic mass is 32.2. The van der Waals surface area contributed by atoms with E-state index in [2.05, 4.69) is 20.3 Å². The summed E-state index contributed by atoms with van der Waals surface area (Å²) in [7, 11) is -3.17. The first-order chi connectivity index (χ1) is 13.9. The monoisotopic (exact) mass is 422 g/mol. The van der Waals surface area contributed by atoms with E-state index in [0.29, 0.717) is 43.0 Å². The second-order valence-electron chi connectivity index (χ2n) is 7.72. The van der Waals surface area contributed by atoms with E-state index in [0.717, 1.165) is 25.7 Å². The van der Waals surface area contributed by atoms with E-state index in [1.165, 1.54) is 15.1 Å². The fourth-order valence-corrected chi connectivity index (χ4v) is 5.37. The van der Waals surface area contributed by atoms with Crippen LogP contribution in [0.15, 0.2) is 15.8 Å². The Morgan fingerprint density at radius 2 is 1.86 bits per heavy atom. The minimum absolute atomic E-state index is 0.0162. The summed E-state index contributed by atoms with van der Waals surface area (Å²) in [5.74, 6) is 0.489. The number of fused-ring (bicyclic) bond motifs is 1. The third kappa shape index (κ3) is 3.93. The number of nitrogens with one attached hydrogen (secondary N) is 2. The van der Waals surface area contributed by atoms with Gasteiger partial charge in [0.2, 0.25) is 16.0 Å². The molecular weight excluding hydrogens is 396 g/mol. The van der Waals surface area contributed by atoms with Crippen molar-refractivity contribution in [2.45, 2.75) is 57.5 Å². The van der Waals surface area contributed by atoms with Gasteiger partial charge in [0, 0.05) is 25.2 Å². The molecule has 11 heteroatoms. The number of hydrogen-bond donors (Lipinski definition) is 2. The maximum absolute atomic E-state index is 12.5. The Hall–Kier alpha value is -2.27. The summed E-state index contributed by atoms with van der Waals surface area (Å²) < 4.78 is 27.1. The number of aromatic nitrogens is 4. The van der Waals surface area contributed by atoms with Crippen molar-refractivity contribution in [2.75, 3.05) is 24.2 Å². The number of sulfonamides is 1. The topological polar surface area (TPSA) is 130 Å². The second-order valence-corrected chi connectivity index (χ2v) is 9.97. The van der Waals surface area contributed by atoms with Crippen molar-refractivity contribution in [1.82, 2.24) is 23.8 Å². The van der Waals surface area contributed by atoms with Crippen LogP contribution >= 0.6 is 0 Å². The number of nitrogens with zero attached hydrogens (tertiary/aromatic N) is 4. The lowest BCUT2D eigenvalue weighted by atomic mass is 10.1.